The molecule has 1 amide bonds. The van der Waals surface area contributed by atoms with Gasteiger partial charge in [0.25, 0.3) is 16.0 Å². The molecule has 0 bridgehead atoms. The molecule has 0 saturated heterocycles. The van der Waals surface area contributed by atoms with Crippen molar-refractivity contribution in [2.45, 2.75) is 0 Å². The van der Waals surface area contributed by atoms with Crippen LogP contribution in [0.2, 0.25) is 0 Å². The summed E-state index contributed by atoms with van der Waals surface area (Å²) in [5.74, 6) is -1.04. The molecule has 1 aromatic heterocycles. The fourth-order valence-electron chi connectivity index (χ4n) is 1.86. The van der Waals surface area contributed by atoms with E-state index in [-0.39, 0.29) is 18.0 Å². The van der Waals surface area contributed by atoms with E-state index < -0.39 is 16.0 Å². The van der Waals surface area contributed by atoms with Crippen molar-refractivity contribution in [2.24, 2.45) is 5.73 Å². The van der Waals surface area contributed by atoms with Gasteiger partial charge in [-0.05, 0) is 12.1 Å². The van der Waals surface area contributed by atoms with E-state index in [0.717, 1.165) is 5.69 Å². The van der Waals surface area contributed by atoms with Gasteiger partial charge in [0.05, 0.1) is 5.75 Å². The average Bonchev–Trinajstić information content (AvgIpc) is 2.94. The zero-order valence-electron chi connectivity index (χ0n) is 11.7. The molecule has 0 spiro atoms. The molecule has 0 radical (unpaired) electrons. The molecule has 0 atom stereocenters. The lowest BCUT2D eigenvalue weighted by Crippen LogP contribution is -2.24. The molecule has 4 N–H and O–H groups in total. The van der Waals surface area contributed by atoms with Gasteiger partial charge in [0, 0.05) is 24.8 Å². The van der Waals surface area contributed by atoms with E-state index in [1.807, 2.05) is 0 Å². The van der Waals surface area contributed by atoms with Gasteiger partial charge in [0.2, 0.25) is 0 Å². The minimum atomic E-state index is -4.00. The Kier molecular flexibility index (Phi) is 4.43. The molecule has 22 heavy (non-hydrogen) atoms. The predicted molar refractivity (Wildman–Crippen MR) is 80.0 cm³/mol. The van der Waals surface area contributed by atoms with E-state index in [9.17, 15) is 13.2 Å². The predicted octanol–water partition coefficient (Wildman–Crippen LogP) is -0.105. The van der Waals surface area contributed by atoms with Crippen molar-refractivity contribution in [1.82, 2.24) is 15.4 Å². The minimum Gasteiger partial charge on any atom is -0.373 e. The van der Waals surface area contributed by atoms with E-state index in [2.05, 4.69) is 15.4 Å². The van der Waals surface area contributed by atoms with E-state index in [4.69, 9.17) is 10.3 Å². The summed E-state index contributed by atoms with van der Waals surface area (Å²) < 4.78 is 30.2. The lowest BCUT2D eigenvalue weighted by molar-refractivity contribution is 0.0996. The Hall–Kier alpha value is -2.46. The molecule has 9 nitrogen and oxygen atoms in total. The molecule has 0 aliphatic heterocycles. The van der Waals surface area contributed by atoms with Gasteiger partial charge in [-0.1, -0.05) is 12.1 Å². The Morgan fingerprint density at radius 3 is 2.50 bits per heavy atom. The van der Waals surface area contributed by atoms with Gasteiger partial charge in [-0.15, -0.1) is 0 Å². The number of rotatable bonds is 6. The normalized spacial score (nSPS) is 11.4. The molecule has 1 aromatic carbocycles. The van der Waals surface area contributed by atoms with Crippen LogP contribution >= 0.6 is 0 Å². The SMILES string of the molecule is CN(CCS(=O)(=O)O)c1ccc(-c2n[nH]nc2C(N)=O)cc1. The Labute approximate surface area is 126 Å². The second-order valence-electron chi connectivity index (χ2n) is 4.64. The summed E-state index contributed by atoms with van der Waals surface area (Å²) in [6, 6.07) is 6.89. The maximum atomic E-state index is 11.2. The Morgan fingerprint density at radius 1 is 1.32 bits per heavy atom. The number of aromatic amines is 1. The van der Waals surface area contributed by atoms with Gasteiger partial charge < -0.3 is 10.6 Å². The Balaban J connectivity index is 2.16. The van der Waals surface area contributed by atoms with Crippen LogP contribution in [0.15, 0.2) is 24.3 Å². The van der Waals surface area contributed by atoms with Crippen LogP contribution in [0.3, 0.4) is 0 Å². The molecule has 2 rings (SSSR count). The van der Waals surface area contributed by atoms with E-state index in [1.165, 1.54) is 0 Å². The van der Waals surface area contributed by atoms with Crippen LogP contribution in [0.25, 0.3) is 11.3 Å². The minimum absolute atomic E-state index is 0.0486. The molecule has 0 fully saturated rings. The van der Waals surface area contributed by atoms with Crippen molar-refractivity contribution in [2.75, 3.05) is 24.2 Å². The van der Waals surface area contributed by atoms with Crippen molar-refractivity contribution in [3.63, 3.8) is 0 Å². The number of carbonyl (C=O) groups is 1. The third-order valence-electron chi connectivity index (χ3n) is 3.05. The first-order chi connectivity index (χ1) is 10.3. The number of primary amides is 1. The third-order valence-corrected chi connectivity index (χ3v) is 3.75. The first kappa shape index (κ1) is 15.9. The molecule has 0 saturated carbocycles. The maximum absolute atomic E-state index is 11.2. The van der Waals surface area contributed by atoms with Crippen LogP contribution in [-0.4, -0.2) is 53.6 Å². The summed E-state index contributed by atoms with van der Waals surface area (Å²) in [5, 5.41) is 9.93. The molecule has 0 aliphatic carbocycles. The van der Waals surface area contributed by atoms with Crippen LogP contribution in [0, 0.1) is 0 Å². The summed E-state index contributed by atoms with van der Waals surface area (Å²) in [6.45, 7) is 0.147. The van der Waals surface area contributed by atoms with Crippen LogP contribution in [0.4, 0.5) is 5.69 Å². The number of anilines is 1. The van der Waals surface area contributed by atoms with E-state index >= 15 is 0 Å². The van der Waals surface area contributed by atoms with Gasteiger partial charge in [-0.2, -0.15) is 23.8 Å². The summed E-state index contributed by atoms with van der Waals surface area (Å²) in [7, 11) is -2.30. The Morgan fingerprint density at radius 2 is 1.95 bits per heavy atom. The number of aromatic nitrogens is 3. The lowest BCUT2D eigenvalue weighted by atomic mass is 10.1. The van der Waals surface area contributed by atoms with Crippen LogP contribution in [0.5, 0.6) is 0 Å². The molecular weight excluding hydrogens is 310 g/mol. The molecule has 10 heteroatoms. The first-order valence-corrected chi connectivity index (χ1v) is 7.86. The number of nitrogens with zero attached hydrogens (tertiary/aromatic N) is 3. The number of amides is 1. The molecule has 0 unspecified atom stereocenters. The van der Waals surface area contributed by atoms with Crippen molar-refractivity contribution >= 4 is 21.7 Å². The number of carbonyl (C=O) groups excluding carboxylic acids is 1. The smallest absolute Gasteiger partial charge is 0.271 e. The number of nitrogens with two attached hydrogens (primary N) is 1. The monoisotopic (exact) mass is 325 g/mol. The molecule has 1 heterocycles. The second-order valence-corrected chi connectivity index (χ2v) is 6.21. The average molecular weight is 325 g/mol. The number of nitrogens with one attached hydrogen (secondary N) is 1. The van der Waals surface area contributed by atoms with Crippen molar-refractivity contribution < 1.29 is 17.8 Å². The molecule has 0 aliphatic rings. The highest BCUT2D eigenvalue weighted by Gasteiger charge is 2.15. The number of hydrogen-bond acceptors (Lipinski definition) is 6. The highest BCUT2D eigenvalue weighted by Crippen LogP contribution is 2.22. The summed E-state index contributed by atoms with van der Waals surface area (Å²) in [5.41, 5.74) is 6.99. The van der Waals surface area contributed by atoms with Gasteiger partial charge >= 0.3 is 0 Å². The zero-order chi connectivity index (χ0) is 16.3. The van der Waals surface area contributed by atoms with Crippen molar-refractivity contribution in [1.29, 1.82) is 0 Å². The Bertz CT molecular complexity index is 769. The standard InChI is InChI=1S/C12H15N5O4S/c1-17(6-7-22(19,20)21)9-4-2-8(3-5-9)10-11(12(13)18)15-16-14-10/h2-5H,6-7H2,1H3,(H2,13,18)(H,14,15,16)(H,19,20,21). The summed E-state index contributed by atoms with van der Waals surface area (Å²) in [4.78, 5) is 12.9. The van der Waals surface area contributed by atoms with Gasteiger partial charge in [-0.25, -0.2) is 0 Å². The van der Waals surface area contributed by atoms with Crippen LogP contribution < -0.4 is 10.6 Å². The highest BCUT2D eigenvalue weighted by molar-refractivity contribution is 7.85. The topological polar surface area (TPSA) is 142 Å². The third kappa shape index (κ3) is 3.80. The zero-order valence-corrected chi connectivity index (χ0v) is 12.5. The van der Waals surface area contributed by atoms with Gasteiger partial charge in [-0.3, -0.25) is 9.35 Å². The summed E-state index contributed by atoms with van der Waals surface area (Å²) >= 11 is 0. The number of H-pyrrole nitrogens is 1. The first-order valence-electron chi connectivity index (χ1n) is 6.25. The van der Waals surface area contributed by atoms with Gasteiger partial charge in [0.15, 0.2) is 5.69 Å². The largest absolute Gasteiger partial charge is 0.373 e. The quantitative estimate of drug-likeness (QED) is 0.629. The highest BCUT2D eigenvalue weighted by atomic mass is 32.2. The molecule has 2 aromatic rings. The van der Waals surface area contributed by atoms with Crippen molar-refractivity contribution in [3.05, 3.63) is 30.0 Å². The second kappa shape index (κ2) is 6.12. The fraction of sp³-hybridized carbons (Fsp3) is 0.250. The summed E-state index contributed by atoms with van der Waals surface area (Å²) in [6.07, 6.45) is 0. The number of benzene rings is 1. The maximum Gasteiger partial charge on any atom is 0.271 e. The van der Waals surface area contributed by atoms with Crippen LogP contribution in [-0.2, 0) is 10.1 Å². The van der Waals surface area contributed by atoms with Crippen molar-refractivity contribution in [3.8, 4) is 11.3 Å². The molecule has 118 valence electrons. The number of hydrogen-bond donors (Lipinski definition) is 3. The van der Waals surface area contributed by atoms with E-state index in [1.54, 1.807) is 36.2 Å². The van der Waals surface area contributed by atoms with Gasteiger partial charge in [0.1, 0.15) is 5.69 Å². The fourth-order valence-corrected chi connectivity index (χ4v) is 2.36. The molecular formula is C12H15N5O4S. The van der Waals surface area contributed by atoms with Crippen LogP contribution in [0.1, 0.15) is 10.5 Å². The van der Waals surface area contributed by atoms with E-state index in [0.29, 0.717) is 11.3 Å². The lowest BCUT2D eigenvalue weighted by Gasteiger charge is -2.18.